The molecular formula is C25H29FN4O5. The first-order chi connectivity index (χ1) is 16.9. The van der Waals surface area contributed by atoms with Crippen LogP contribution >= 0.6 is 0 Å². The largest absolute Gasteiger partial charge is 0.442 e. The van der Waals surface area contributed by atoms with Crippen molar-refractivity contribution in [2.24, 2.45) is 0 Å². The number of hydrogen-bond acceptors (Lipinski definition) is 6. The zero-order valence-electron chi connectivity index (χ0n) is 19.5. The van der Waals surface area contributed by atoms with Crippen molar-refractivity contribution in [1.82, 2.24) is 15.1 Å². The Morgan fingerprint density at radius 1 is 1.20 bits per heavy atom. The quantitative estimate of drug-likeness (QED) is 0.554. The molecule has 3 amide bonds. The smallest absolute Gasteiger partial charge is 0.414 e. The van der Waals surface area contributed by atoms with Crippen LogP contribution in [-0.4, -0.2) is 85.3 Å². The topological polar surface area (TPSA) is 102 Å². The lowest BCUT2D eigenvalue weighted by Gasteiger charge is -2.37. The number of rotatable bonds is 8. The van der Waals surface area contributed by atoms with E-state index in [0.717, 1.165) is 12.0 Å². The summed E-state index contributed by atoms with van der Waals surface area (Å²) in [4.78, 5) is 39.4. The molecule has 2 atom stereocenters. The molecule has 9 nitrogen and oxygen atoms in total. The minimum atomic E-state index is -0.583. The Kier molecular flexibility index (Phi) is 7.62. The number of ether oxygens (including phenoxy) is 1. The Morgan fingerprint density at radius 3 is 2.51 bits per heavy atom. The minimum absolute atomic E-state index is 0.0572. The molecule has 0 saturated carbocycles. The first-order valence-electron chi connectivity index (χ1n) is 11.6. The maximum atomic E-state index is 15.0. The maximum Gasteiger partial charge on any atom is 0.414 e. The van der Waals surface area contributed by atoms with E-state index in [1.807, 2.05) is 24.3 Å². The monoisotopic (exact) mass is 484 g/mol. The number of aliphatic hydroxyl groups is 1. The molecule has 0 bridgehead atoms. The average molecular weight is 485 g/mol. The number of hydrogen-bond donors (Lipinski definition) is 2. The van der Waals surface area contributed by atoms with Gasteiger partial charge >= 0.3 is 6.09 Å². The highest BCUT2D eigenvalue weighted by molar-refractivity contribution is 5.90. The van der Waals surface area contributed by atoms with Gasteiger partial charge in [-0.05, 0) is 29.3 Å². The molecule has 0 aliphatic carbocycles. The van der Waals surface area contributed by atoms with Gasteiger partial charge in [0.25, 0.3) is 0 Å². The highest BCUT2D eigenvalue weighted by Crippen LogP contribution is 2.31. The second-order valence-electron chi connectivity index (χ2n) is 8.72. The van der Waals surface area contributed by atoms with Gasteiger partial charge in [-0.25, -0.2) is 9.18 Å². The van der Waals surface area contributed by atoms with Gasteiger partial charge in [0.2, 0.25) is 12.3 Å². The molecule has 2 fully saturated rings. The van der Waals surface area contributed by atoms with Crippen molar-refractivity contribution in [2.45, 2.75) is 19.1 Å². The Bertz CT molecular complexity index is 1070. The molecule has 10 heteroatoms. The van der Waals surface area contributed by atoms with Crippen LogP contribution in [0.4, 0.5) is 14.9 Å². The van der Waals surface area contributed by atoms with Gasteiger partial charge < -0.3 is 20.1 Å². The number of piperazine rings is 1. The van der Waals surface area contributed by atoms with Gasteiger partial charge in [-0.15, -0.1) is 0 Å². The van der Waals surface area contributed by atoms with E-state index in [2.05, 4.69) is 10.2 Å². The van der Waals surface area contributed by atoms with Crippen LogP contribution < -0.4 is 10.2 Å². The zero-order chi connectivity index (χ0) is 24.9. The van der Waals surface area contributed by atoms with Crippen LogP contribution in [0.5, 0.6) is 0 Å². The fourth-order valence-electron chi connectivity index (χ4n) is 4.47. The lowest BCUT2D eigenvalue weighted by atomic mass is 9.99. The number of anilines is 1. The van der Waals surface area contributed by atoms with E-state index in [9.17, 15) is 19.5 Å². The van der Waals surface area contributed by atoms with Gasteiger partial charge in [0.15, 0.2) is 0 Å². The van der Waals surface area contributed by atoms with E-state index in [-0.39, 0.29) is 31.6 Å². The molecule has 0 aromatic heterocycles. The molecule has 4 rings (SSSR count). The molecule has 0 radical (unpaired) electrons. The van der Waals surface area contributed by atoms with E-state index < -0.39 is 18.0 Å². The molecule has 2 unspecified atom stereocenters. The van der Waals surface area contributed by atoms with E-state index in [0.29, 0.717) is 43.0 Å². The van der Waals surface area contributed by atoms with Gasteiger partial charge in [-0.2, -0.15) is 0 Å². The highest BCUT2D eigenvalue weighted by Gasteiger charge is 2.32. The number of halogens is 1. The van der Waals surface area contributed by atoms with Gasteiger partial charge in [0, 0.05) is 38.7 Å². The molecule has 2 N–H and O–H groups in total. The predicted octanol–water partition coefficient (Wildman–Crippen LogP) is 1.76. The zero-order valence-corrected chi connectivity index (χ0v) is 19.5. The molecule has 2 heterocycles. The highest BCUT2D eigenvalue weighted by atomic mass is 19.1. The molecule has 0 spiro atoms. The summed E-state index contributed by atoms with van der Waals surface area (Å²) in [7, 11) is 0. The summed E-state index contributed by atoms with van der Waals surface area (Å²) in [6.07, 6.45) is -0.236. The lowest BCUT2D eigenvalue weighted by molar-refractivity contribution is -0.120. The van der Waals surface area contributed by atoms with Gasteiger partial charge in [-0.3, -0.25) is 19.4 Å². The minimum Gasteiger partial charge on any atom is -0.442 e. The van der Waals surface area contributed by atoms with Crippen LogP contribution in [0.3, 0.4) is 0 Å². The Morgan fingerprint density at radius 2 is 1.91 bits per heavy atom. The number of nitrogens with zero attached hydrogens (tertiary/aromatic N) is 3. The number of aliphatic hydroxyl groups excluding tert-OH is 1. The van der Waals surface area contributed by atoms with E-state index in [4.69, 9.17) is 4.74 Å². The average Bonchev–Trinajstić information content (AvgIpc) is 3.24. The second kappa shape index (κ2) is 10.8. The van der Waals surface area contributed by atoms with Crippen LogP contribution in [0.1, 0.15) is 18.5 Å². The normalized spacial score (nSPS) is 19.4. The molecule has 35 heavy (non-hydrogen) atoms. The maximum absolute atomic E-state index is 15.0. The SMILES string of the molecule is CC(=O)NCC1CN(c2ccc(-c3ccc(C(CO)N4CCN(C=O)CC4)cc3)c(F)c2)C(=O)O1. The predicted molar refractivity (Wildman–Crippen MR) is 127 cm³/mol. The van der Waals surface area contributed by atoms with Crippen molar-refractivity contribution in [3.05, 3.63) is 53.8 Å². The van der Waals surface area contributed by atoms with E-state index >= 15 is 4.39 Å². The molecule has 2 aliphatic heterocycles. The van der Waals surface area contributed by atoms with Crippen molar-refractivity contribution in [2.75, 3.05) is 50.8 Å². The number of carbonyl (C=O) groups excluding carboxylic acids is 3. The van der Waals surface area contributed by atoms with Crippen LogP contribution in [0.2, 0.25) is 0 Å². The Balaban J connectivity index is 1.45. The van der Waals surface area contributed by atoms with Gasteiger partial charge in [0.05, 0.1) is 31.4 Å². The van der Waals surface area contributed by atoms with Crippen LogP contribution in [0, 0.1) is 5.82 Å². The van der Waals surface area contributed by atoms with Crippen LogP contribution in [0.15, 0.2) is 42.5 Å². The first kappa shape index (κ1) is 24.6. The Labute approximate surface area is 203 Å². The molecule has 186 valence electrons. The summed E-state index contributed by atoms with van der Waals surface area (Å²) in [6, 6.07) is 11.8. The summed E-state index contributed by atoms with van der Waals surface area (Å²) in [5.74, 6) is -0.691. The standard InChI is InChI=1S/C25H29FN4O5/c1-17(33)27-13-21-14-30(25(34)35-21)20-6-7-22(23(26)12-20)18-2-4-19(5-3-18)24(15-31)29-10-8-28(16-32)9-11-29/h2-7,12,16,21,24,31H,8-11,13-15H2,1H3,(H,27,33). The lowest BCUT2D eigenvalue weighted by Crippen LogP contribution is -2.47. The second-order valence-corrected chi connectivity index (χ2v) is 8.72. The number of amides is 3. The number of carbonyl (C=O) groups is 3. The van der Waals surface area contributed by atoms with Crippen molar-refractivity contribution < 1.29 is 28.6 Å². The molecule has 2 aliphatic rings. The van der Waals surface area contributed by atoms with Crippen molar-refractivity contribution in [1.29, 1.82) is 0 Å². The van der Waals surface area contributed by atoms with Gasteiger partial charge in [-0.1, -0.05) is 24.3 Å². The van der Waals surface area contributed by atoms with Gasteiger partial charge in [0.1, 0.15) is 11.9 Å². The summed E-state index contributed by atoms with van der Waals surface area (Å²) in [5.41, 5.74) is 2.36. The third kappa shape index (κ3) is 5.60. The molecule has 2 saturated heterocycles. The summed E-state index contributed by atoms with van der Waals surface area (Å²) in [6.45, 7) is 4.33. The molecular weight excluding hydrogens is 455 g/mol. The van der Waals surface area contributed by atoms with Crippen LogP contribution in [0.25, 0.3) is 11.1 Å². The summed E-state index contributed by atoms with van der Waals surface area (Å²) in [5, 5.41) is 12.6. The van der Waals surface area contributed by atoms with Crippen molar-refractivity contribution in [3.8, 4) is 11.1 Å². The summed E-state index contributed by atoms with van der Waals surface area (Å²) >= 11 is 0. The van der Waals surface area contributed by atoms with Crippen molar-refractivity contribution in [3.63, 3.8) is 0 Å². The number of nitrogens with one attached hydrogen (secondary N) is 1. The van der Waals surface area contributed by atoms with E-state index in [1.54, 1.807) is 17.0 Å². The summed E-state index contributed by atoms with van der Waals surface area (Å²) < 4.78 is 20.3. The fraction of sp³-hybridized carbons (Fsp3) is 0.400. The Hall–Kier alpha value is -3.50. The third-order valence-corrected chi connectivity index (χ3v) is 6.44. The first-order valence-corrected chi connectivity index (χ1v) is 11.6. The molecule has 2 aromatic rings. The molecule has 2 aromatic carbocycles. The number of cyclic esters (lactones) is 1. The van der Waals surface area contributed by atoms with Crippen molar-refractivity contribution >= 4 is 24.1 Å². The number of benzene rings is 2. The van der Waals surface area contributed by atoms with Crippen LogP contribution in [-0.2, 0) is 14.3 Å². The fourth-order valence-corrected chi connectivity index (χ4v) is 4.47. The van der Waals surface area contributed by atoms with E-state index in [1.165, 1.54) is 17.9 Å². The third-order valence-electron chi connectivity index (χ3n) is 6.44.